The monoisotopic (exact) mass is 401 g/mol. The number of hydrogen-bond donors (Lipinski definition) is 0. The lowest BCUT2D eigenvalue weighted by atomic mass is 10.1. The maximum atomic E-state index is 12.9. The first-order valence-electron chi connectivity index (χ1n) is 9.95. The van der Waals surface area contributed by atoms with Crippen LogP contribution in [-0.4, -0.2) is 34.0 Å². The van der Waals surface area contributed by atoms with Crippen molar-refractivity contribution in [3.05, 3.63) is 95.8 Å². The molecule has 2 aromatic carbocycles. The molecule has 4 aromatic rings. The molecule has 0 aliphatic rings. The van der Waals surface area contributed by atoms with Gasteiger partial charge in [-0.1, -0.05) is 65.3 Å². The largest absolute Gasteiger partial charge is 0.459 e. The second-order valence-electron chi connectivity index (χ2n) is 7.13. The molecule has 30 heavy (non-hydrogen) atoms. The fourth-order valence-electron chi connectivity index (χ4n) is 3.19. The van der Waals surface area contributed by atoms with Crippen LogP contribution in [0.4, 0.5) is 0 Å². The van der Waals surface area contributed by atoms with Gasteiger partial charge in [0.2, 0.25) is 11.7 Å². The minimum atomic E-state index is -0.144. The Labute approximate surface area is 175 Å². The van der Waals surface area contributed by atoms with Crippen LogP contribution < -0.4 is 0 Å². The lowest BCUT2D eigenvalue weighted by Crippen LogP contribution is -2.34. The molecule has 0 fully saturated rings. The number of nitrogens with zero attached hydrogens (tertiary/aromatic N) is 3. The number of furan rings is 1. The minimum Gasteiger partial charge on any atom is -0.459 e. The zero-order valence-corrected chi connectivity index (χ0v) is 16.8. The van der Waals surface area contributed by atoms with Crippen molar-refractivity contribution in [1.82, 2.24) is 15.0 Å². The maximum Gasteiger partial charge on any atom is 0.289 e. The second kappa shape index (κ2) is 9.22. The summed E-state index contributed by atoms with van der Waals surface area (Å²) >= 11 is 0. The van der Waals surface area contributed by atoms with Gasteiger partial charge in [0.25, 0.3) is 5.91 Å². The topological polar surface area (TPSA) is 72.4 Å². The van der Waals surface area contributed by atoms with Crippen LogP contribution >= 0.6 is 0 Å². The highest BCUT2D eigenvalue weighted by Gasteiger charge is 2.19. The van der Waals surface area contributed by atoms with Crippen molar-refractivity contribution < 1.29 is 13.7 Å². The highest BCUT2D eigenvalue weighted by molar-refractivity contribution is 5.91. The summed E-state index contributed by atoms with van der Waals surface area (Å²) in [6, 6.07) is 21.5. The van der Waals surface area contributed by atoms with E-state index in [-0.39, 0.29) is 5.91 Å². The predicted octanol–water partition coefficient (Wildman–Crippen LogP) is 4.57. The van der Waals surface area contributed by atoms with Crippen molar-refractivity contribution in [2.45, 2.75) is 19.8 Å². The van der Waals surface area contributed by atoms with E-state index in [1.807, 2.05) is 49.4 Å². The lowest BCUT2D eigenvalue weighted by Gasteiger charge is -2.21. The molecule has 0 aliphatic heterocycles. The Kier molecular flexibility index (Phi) is 6.03. The number of benzene rings is 2. The van der Waals surface area contributed by atoms with E-state index >= 15 is 0 Å². The molecule has 2 heterocycles. The third-order valence-corrected chi connectivity index (χ3v) is 4.91. The first-order chi connectivity index (χ1) is 14.7. The van der Waals surface area contributed by atoms with Crippen LogP contribution in [0.15, 0.2) is 81.9 Å². The Morgan fingerprint density at radius 1 is 0.933 bits per heavy atom. The van der Waals surface area contributed by atoms with Gasteiger partial charge in [0.05, 0.1) is 6.26 Å². The highest BCUT2D eigenvalue weighted by Crippen LogP contribution is 2.17. The molecule has 6 heteroatoms. The van der Waals surface area contributed by atoms with E-state index in [4.69, 9.17) is 8.94 Å². The number of aromatic nitrogens is 2. The molecule has 0 atom stereocenters. The normalized spacial score (nSPS) is 10.8. The van der Waals surface area contributed by atoms with Crippen LogP contribution in [-0.2, 0) is 12.8 Å². The van der Waals surface area contributed by atoms with Gasteiger partial charge in [0.1, 0.15) is 0 Å². The minimum absolute atomic E-state index is 0.144. The number of aryl methyl sites for hydroxylation is 1. The van der Waals surface area contributed by atoms with Gasteiger partial charge in [-0.05, 0) is 31.0 Å². The molecule has 0 spiro atoms. The van der Waals surface area contributed by atoms with Crippen molar-refractivity contribution in [3.8, 4) is 11.4 Å². The third-order valence-electron chi connectivity index (χ3n) is 4.91. The molecule has 0 saturated carbocycles. The van der Waals surface area contributed by atoms with E-state index in [0.29, 0.717) is 37.0 Å². The zero-order valence-electron chi connectivity index (χ0n) is 16.8. The maximum absolute atomic E-state index is 12.9. The zero-order chi connectivity index (χ0) is 20.8. The van der Waals surface area contributed by atoms with E-state index < -0.39 is 0 Å². The van der Waals surface area contributed by atoms with Crippen LogP contribution in [0.1, 0.15) is 27.6 Å². The number of carbonyl (C=O) groups excluding carboxylic acids is 1. The molecule has 4 rings (SSSR count). The summed E-state index contributed by atoms with van der Waals surface area (Å²) in [5.41, 5.74) is 3.25. The smallest absolute Gasteiger partial charge is 0.289 e. The summed E-state index contributed by atoms with van der Waals surface area (Å²) < 4.78 is 10.7. The van der Waals surface area contributed by atoms with Crippen LogP contribution in [0.25, 0.3) is 11.4 Å². The van der Waals surface area contributed by atoms with Crippen molar-refractivity contribution in [2.75, 3.05) is 13.1 Å². The molecule has 0 N–H and O–H groups in total. The number of rotatable bonds is 8. The van der Waals surface area contributed by atoms with Gasteiger partial charge in [-0.15, -0.1) is 0 Å². The van der Waals surface area contributed by atoms with Gasteiger partial charge < -0.3 is 13.8 Å². The van der Waals surface area contributed by atoms with E-state index in [9.17, 15) is 4.79 Å². The molecular weight excluding hydrogens is 378 g/mol. The fraction of sp³-hybridized carbons (Fsp3) is 0.208. The Hall–Kier alpha value is -3.67. The number of carbonyl (C=O) groups is 1. The molecular formula is C24H23N3O3. The highest BCUT2D eigenvalue weighted by atomic mass is 16.5. The van der Waals surface area contributed by atoms with E-state index in [1.54, 1.807) is 17.0 Å². The summed E-state index contributed by atoms with van der Waals surface area (Å²) in [6.45, 7) is 3.07. The summed E-state index contributed by atoms with van der Waals surface area (Å²) in [5, 5.41) is 4.07. The Bertz CT molecular complexity index is 1070. The van der Waals surface area contributed by atoms with Crippen LogP contribution in [0, 0.1) is 6.92 Å². The average molecular weight is 401 g/mol. The van der Waals surface area contributed by atoms with Gasteiger partial charge in [0.15, 0.2) is 5.76 Å². The number of hydrogen-bond acceptors (Lipinski definition) is 5. The molecule has 0 saturated heterocycles. The first-order valence-corrected chi connectivity index (χ1v) is 9.95. The fourth-order valence-corrected chi connectivity index (χ4v) is 3.19. The van der Waals surface area contributed by atoms with E-state index in [1.165, 1.54) is 17.4 Å². The molecule has 1 amide bonds. The van der Waals surface area contributed by atoms with Gasteiger partial charge in [-0.2, -0.15) is 4.98 Å². The first kappa shape index (κ1) is 19.6. The summed E-state index contributed by atoms with van der Waals surface area (Å²) in [7, 11) is 0. The summed E-state index contributed by atoms with van der Waals surface area (Å²) in [5.74, 6) is 1.24. The van der Waals surface area contributed by atoms with Gasteiger partial charge in [-0.3, -0.25) is 4.79 Å². The summed E-state index contributed by atoms with van der Waals surface area (Å²) in [4.78, 5) is 19.1. The van der Waals surface area contributed by atoms with Crippen molar-refractivity contribution >= 4 is 5.91 Å². The summed E-state index contributed by atoms with van der Waals surface area (Å²) in [6.07, 6.45) is 2.74. The van der Waals surface area contributed by atoms with Gasteiger partial charge in [0, 0.05) is 25.1 Å². The quantitative estimate of drug-likeness (QED) is 0.433. The van der Waals surface area contributed by atoms with E-state index in [0.717, 1.165) is 12.0 Å². The Balaban J connectivity index is 1.43. The second-order valence-corrected chi connectivity index (χ2v) is 7.13. The Morgan fingerprint density at radius 2 is 1.70 bits per heavy atom. The lowest BCUT2D eigenvalue weighted by molar-refractivity contribution is 0.0724. The van der Waals surface area contributed by atoms with E-state index in [2.05, 4.69) is 22.3 Å². The molecule has 6 nitrogen and oxygen atoms in total. The predicted molar refractivity (Wildman–Crippen MR) is 113 cm³/mol. The van der Waals surface area contributed by atoms with Crippen molar-refractivity contribution in [2.24, 2.45) is 0 Å². The molecule has 0 radical (unpaired) electrons. The third kappa shape index (κ3) is 4.84. The molecule has 0 bridgehead atoms. The SMILES string of the molecule is Cc1ccc(-c2noc(CCN(CCc3ccccc3)C(=O)c3ccco3)n2)cc1. The molecule has 2 aromatic heterocycles. The molecule has 152 valence electrons. The standard InChI is InChI=1S/C24H23N3O3/c1-18-9-11-20(12-10-18)23-25-22(30-26-23)14-16-27(24(28)21-8-5-17-29-21)15-13-19-6-3-2-4-7-19/h2-12,17H,13-16H2,1H3. The van der Waals surface area contributed by atoms with Gasteiger partial charge >= 0.3 is 0 Å². The van der Waals surface area contributed by atoms with Gasteiger partial charge in [-0.25, -0.2) is 0 Å². The van der Waals surface area contributed by atoms with Crippen LogP contribution in [0.5, 0.6) is 0 Å². The van der Waals surface area contributed by atoms with Crippen LogP contribution in [0.3, 0.4) is 0 Å². The van der Waals surface area contributed by atoms with Crippen molar-refractivity contribution in [1.29, 1.82) is 0 Å². The molecule has 0 unspecified atom stereocenters. The average Bonchev–Trinajstić information content (AvgIpc) is 3.47. The molecule has 0 aliphatic carbocycles. The van der Waals surface area contributed by atoms with Crippen molar-refractivity contribution in [3.63, 3.8) is 0 Å². The Morgan fingerprint density at radius 3 is 2.43 bits per heavy atom. The number of amides is 1. The van der Waals surface area contributed by atoms with Crippen LogP contribution in [0.2, 0.25) is 0 Å².